The molecule has 1 aliphatic carbocycles. The summed E-state index contributed by atoms with van der Waals surface area (Å²) in [6, 6.07) is 9.26. The van der Waals surface area contributed by atoms with Crippen molar-refractivity contribution in [1.82, 2.24) is 9.55 Å². The van der Waals surface area contributed by atoms with Gasteiger partial charge in [0.2, 0.25) is 0 Å². The highest BCUT2D eigenvalue weighted by Crippen LogP contribution is 2.23. The number of anilines is 1. The molecule has 1 saturated carbocycles. The van der Waals surface area contributed by atoms with Crippen LogP contribution in [0.3, 0.4) is 0 Å². The number of imidazole rings is 1. The molecule has 94 valence electrons. The first-order chi connectivity index (χ1) is 8.81. The lowest BCUT2D eigenvalue weighted by Gasteiger charge is -2.15. The molecule has 0 aliphatic heterocycles. The Morgan fingerprint density at radius 3 is 3.00 bits per heavy atom. The number of rotatable bonds is 3. The van der Waals surface area contributed by atoms with Crippen molar-refractivity contribution in [3.63, 3.8) is 0 Å². The molecule has 1 aromatic heterocycles. The first kappa shape index (κ1) is 11.3. The van der Waals surface area contributed by atoms with Crippen molar-refractivity contribution >= 4 is 5.69 Å². The fourth-order valence-corrected chi connectivity index (χ4v) is 2.55. The second-order valence-electron chi connectivity index (χ2n) is 4.93. The smallest absolute Gasteiger partial charge is 0.0991 e. The molecular weight excluding hydrogens is 224 g/mol. The molecule has 1 aliphatic rings. The standard InChI is InChI=1S/C14H18N4/c15-11-4-5-13(8-11)17-12-2-1-3-14(9-12)18-7-6-16-10-18/h1-3,6-7,9-11,13,17H,4-5,8,15H2. The van der Waals surface area contributed by atoms with Gasteiger partial charge in [0, 0.05) is 35.9 Å². The minimum atomic E-state index is 0.360. The van der Waals surface area contributed by atoms with E-state index in [0.29, 0.717) is 12.1 Å². The number of aromatic nitrogens is 2. The minimum Gasteiger partial charge on any atom is -0.382 e. The molecule has 0 bridgehead atoms. The number of hydrogen-bond acceptors (Lipinski definition) is 3. The molecule has 2 unspecified atom stereocenters. The van der Waals surface area contributed by atoms with E-state index in [2.05, 4.69) is 34.6 Å². The van der Waals surface area contributed by atoms with Crippen LogP contribution in [-0.4, -0.2) is 21.6 Å². The van der Waals surface area contributed by atoms with Crippen LogP contribution in [0.5, 0.6) is 0 Å². The van der Waals surface area contributed by atoms with Crippen molar-refractivity contribution in [3.8, 4) is 5.69 Å². The zero-order chi connectivity index (χ0) is 12.4. The van der Waals surface area contributed by atoms with E-state index in [-0.39, 0.29) is 0 Å². The van der Waals surface area contributed by atoms with Gasteiger partial charge in [-0.15, -0.1) is 0 Å². The summed E-state index contributed by atoms with van der Waals surface area (Å²) in [5.41, 5.74) is 8.21. The maximum absolute atomic E-state index is 5.93. The molecule has 3 N–H and O–H groups in total. The van der Waals surface area contributed by atoms with Gasteiger partial charge in [-0.1, -0.05) is 6.07 Å². The van der Waals surface area contributed by atoms with Crippen molar-refractivity contribution in [2.75, 3.05) is 5.32 Å². The van der Waals surface area contributed by atoms with E-state index in [9.17, 15) is 0 Å². The Morgan fingerprint density at radius 1 is 1.33 bits per heavy atom. The molecule has 1 aromatic carbocycles. The number of hydrogen-bond donors (Lipinski definition) is 2. The van der Waals surface area contributed by atoms with Crippen molar-refractivity contribution in [2.45, 2.75) is 31.3 Å². The Bertz CT molecular complexity index is 506. The van der Waals surface area contributed by atoms with Crippen LogP contribution in [0.25, 0.3) is 5.69 Å². The number of nitrogens with one attached hydrogen (secondary N) is 1. The van der Waals surface area contributed by atoms with Crippen LogP contribution in [0.2, 0.25) is 0 Å². The maximum atomic E-state index is 5.93. The lowest BCUT2D eigenvalue weighted by molar-refractivity contribution is 0.688. The largest absolute Gasteiger partial charge is 0.382 e. The van der Waals surface area contributed by atoms with Gasteiger partial charge in [-0.3, -0.25) is 0 Å². The summed E-state index contributed by atoms with van der Waals surface area (Å²) >= 11 is 0. The summed E-state index contributed by atoms with van der Waals surface area (Å²) in [4.78, 5) is 4.07. The van der Waals surface area contributed by atoms with Gasteiger partial charge in [0.25, 0.3) is 0 Å². The molecule has 1 heterocycles. The number of nitrogens with zero attached hydrogens (tertiary/aromatic N) is 2. The molecule has 0 radical (unpaired) electrons. The normalized spacial score (nSPS) is 23.2. The summed E-state index contributed by atoms with van der Waals surface area (Å²) < 4.78 is 2.01. The Hall–Kier alpha value is -1.81. The third-order valence-electron chi connectivity index (χ3n) is 3.49. The Kier molecular flexibility index (Phi) is 3.02. The number of benzene rings is 1. The van der Waals surface area contributed by atoms with Gasteiger partial charge in [0.1, 0.15) is 0 Å². The predicted molar refractivity (Wildman–Crippen MR) is 72.8 cm³/mol. The van der Waals surface area contributed by atoms with Crippen LogP contribution in [0.1, 0.15) is 19.3 Å². The zero-order valence-electron chi connectivity index (χ0n) is 10.3. The van der Waals surface area contributed by atoms with E-state index in [4.69, 9.17) is 5.73 Å². The van der Waals surface area contributed by atoms with E-state index < -0.39 is 0 Å². The van der Waals surface area contributed by atoms with E-state index in [1.807, 2.05) is 17.1 Å². The van der Waals surface area contributed by atoms with E-state index in [0.717, 1.165) is 30.6 Å². The van der Waals surface area contributed by atoms with Gasteiger partial charge in [0.15, 0.2) is 0 Å². The van der Waals surface area contributed by atoms with Crippen LogP contribution < -0.4 is 11.1 Å². The highest BCUT2D eigenvalue weighted by atomic mass is 15.0. The average molecular weight is 242 g/mol. The van der Waals surface area contributed by atoms with E-state index >= 15 is 0 Å². The molecular formula is C14H18N4. The molecule has 4 heteroatoms. The van der Waals surface area contributed by atoms with E-state index in [1.54, 1.807) is 6.20 Å². The van der Waals surface area contributed by atoms with Crippen LogP contribution in [0, 0.1) is 0 Å². The monoisotopic (exact) mass is 242 g/mol. The molecule has 1 fully saturated rings. The molecule has 2 aromatic rings. The van der Waals surface area contributed by atoms with Gasteiger partial charge in [-0.25, -0.2) is 4.98 Å². The SMILES string of the molecule is NC1CCC(Nc2cccc(-n3ccnc3)c2)C1. The first-order valence-corrected chi connectivity index (χ1v) is 6.42. The molecule has 0 spiro atoms. The molecule has 3 rings (SSSR count). The summed E-state index contributed by atoms with van der Waals surface area (Å²) in [5, 5.41) is 3.56. The Morgan fingerprint density at radius 2 is 2.28 bits per heavy atom. The predicted octanol–water partition coefficient (Wildman–Crippen LogP) is 2.16. The second kappa shape index (κ2) is 4.82. The van der Waals surface area contributed by atoms with Crippen LogP contribution in [0.15, 0.2) is 43.0 Å². The van der Waals surface area contributed by atoms with Crippen molar-refractivity contribution in [2.24, 2.45) is 5.73 Å². The first-order valence-electron chi connectivity index (χ1n) is 6.42. The fraction of sp³-hybridized carbons (Fsp3) is 0.357. The highest BCUT2D eigenvalue weighted by molar-refractivity contribution is 5.51. The van der Waals surface area contributed by atoms with Crippen molar-refractivity contribution in [1.29, 1.82) is 0 Å². The Balaban J connectivity index is 1.75. The third-order valence-corrected chi connectivity index (χ3v) is 3.49. The summed E-state index contributed by atoms with van der Waals surface area (Å²) in [7, 11) is 0. The van der Waals surface area contributed by atoms with Crippen LogP contribution >= 0.6 is 0 Å². The molecule has 2 atom stereocenters. The fourth-order valence-electron chi connectivity index (χ4n) is 2.55. The summed E-state index contributed by atoms with van der Waals surface area (Å²) in [6.45, 7) is 0. The lowest BCUT2D eigenvalue weighted by atomic mass is 10.2. The molecule has 0 saturated heterocycles. The molecule has 4 nitrogen and oxygen atoms in total. The summed E-state index contributed by atoms with van der Waals surface area (Å²) in [5.74, 6) is 0. The topological polar surface area (TPSA) is 55.9 Å². The van der Waals surface area contributed by atoms with Gasteiger partial charge in [-0.05, 0) is 37.5 Å². The minimum absolute atomic E-state index is 0.360. The second-order valence-corrected chi connectivity index (χ2v) is 4.93. The quantitative estimate of drug-likeness (QED) is 0.867. The average Bonchev–Trinajstić information content (AvgIpc) is 3.01. The van der Waals surface area contributed by atoms with Gasteiger partial charge in [0.05, 0.1) is 6.33 Å². The zero-order valence-corrected chi connectivity index (χ0v) is 10.3. The van der Waals surface area contributed by atoms with Crippen molar-refractivity contribution in [3.05, 3.63) is 43.0 Å². The van der Waals surface area contributed by atoms with Crippen LogP contribution in [-0.2, 0) is 0 Å². The van der Waals surface area contributed by atoms with Crippen LogP contribution in [0.4, 0.5) is 5.69 Å². The van der Waals surface area contributed by atoms with Crippen molar-refractivity contribution < 1.29 is 0 Å². The van der Waals surface area contributed by atoms with E-state index in [1.165, 1.54) is 0 Å². The molecule has 0 amide bonds. The highest BCUT2D eigenvalue weighted by Gasteiger charge is 2.21. The molecule has 18 heavy (non-hydrogen) atoms. The maximum Gasteiger partial charge on any atom is 0.0991 e. The summed E-state index contributed by atoms with van der Waals surface area (Å²) in [6.07, 6.45) is 8.90. The lowest BCUT2D eigenvalue weighted by Crippen LogP contribution is -2.20. The Labute approximate surface area is 107 Å². The van der Waals surface area contributed by atoms with Gasteiger partial charge >= 0.3 is 0 Å². The number of nitrogens with two attached hydrogens (primary N) is 1. The van der Waals surface area contributed by atoms with Gasteiger partial charge < -0.3 is 15.6 Å². The van der Waals surface area contributed by atoms with Gasteiger partial charge in [-0.2, -0.15) is 0 Å². The third kappa shape index (κ3) is 2.38.